The van der Waals surface area contributed by atoms with Crippen LogP contribution in [0.2, 0.25) is 5.02 Å². The van der Waals surface area contributed by atoms with Gasteiger partial charge in [0.25, 0.3) is 5.56 Å². The number of thioether (sulfide) groups is 1. The molecule has 0 aliphatic rings. The van der Waals surface area contributed by atoms with Gasteiger partial charge in [0.1, 0.15) is 5.75 Å². The van der Waals surface area contributed by atoms with Gasteiger partial charge in [-0.05, 0) is 30.3 Å². The molecule has 2 aromatic carbocycles. The molecule has 0 fully saturated rings. The first kappa shape index (κ1) is 21.9. The molecule has 0 spiro atoms. The quantitative estimate of drug-likeness (QED) is 0.406. The van der Waals surface area contributed by atoms with Crippen molar-refractivity contribution in [3.8, 4) is 5.75 Å². The normalized spacial score (nSPS) is 11.1. The smallest absolute Gasteiger partial charge is 0.270 e. The lowest BCUT2D eigenvalue weighted by Crippen LogP contribution is -2.20. The third kappa shape index (κ3) is 5.02. The van der Waals surface area contributed by atoms with Gasteiger partial charge < -0.3 is 15.0 Å². The highest BCUT2D eigenvalue weighted by Gasteiger charge is 2.23. The molecule has 156 valence electrons. The molecule has 3 rings (SSSR count). The van der Waals surface area contributed by atoms with Crippen LogP contribution in [0.3, 0.4) is 0 Å². The maximum atomic E-state index is 12.8. The second-order valence-electron chi connectivity index (χ2n) is 5.88. The Balaban J connectivity index is 1.74. The summed E-state index contributed by atoms with van der Waals surface area (Å²) in [5.41, 5.74) is -0.202. The van der Waals surface area contributed by atoms with Crippen molar-refractivity contribution in [3.05, 3.63) is 70.1 Å². The van der Waals surface area contributed by atoms with Gasteiger partial charge in [0.2, 0.25) is 15.7 Å². The summed E-state index contributed by atoms with van der Waals surface area (Å²) in [6.07, 6.45) is 0.962. The molecule has 0 aliphatic carbocycles. The molecule has 1 amide bonds. The number of aromatic amines is 1. The van der Waals surface area contributed by atoms with Gasteiger partial charge in [0.05, 0.1) is 29.0 Å². The molecule has 0 saturated carbocycles. The summed E-state index contributed by atoms with van der Waals surface area (Å²) >= 11 is 6.96. The highest BCUT2D eigenvalue weighted by Crippen LogP contribution is 2.29. The minimum Gasteiger partial charge on any atom is -0.495 e. The number of H-pyrrole nitrogens is 1. The summed E-state index contributed by atoms with van der Waals surface area (Å²) in [6.45, 7) is 0. The Kier molecular flexibility index (Phi) is 6.80. The number of sulfone groups is 1. The van der Waals surface area contributed by atoms with Crippen molar-refractivity contribution in [1.29, 1.82) is 0 Å². The van der Waals surface area contributed by atoms with Crippen LogP contribution in [0.15, 0.2) is 74.5 Å². The highest BCUT2D eigenvalue weighted by molar-refractivity contribution is 7.99. The number of nitrogens with one attached hydrogen (secondary N) is 2. The summed E-state index contributed by atoms with van der Waals surface area (Å²) in [4.78, 5) is 30.0. The van der Waals surface area contributed by atoms with Crippen LogP contribution in [-0.4, -0.2) is 37.2 Å². The monoisotopic (exact) mass is 465 g/mol. The number of methoxy groups -OCH3 is 1. The Hall–Kier alpha value is -2.82. The van der Waals surface area contributed by atoms with E-state index in [1.165, 1.54) is 25.3 Å². The molecule has 8 nitrogen and oxygen atoms in total. The first-order chi connectivity index (χ1) is 14.3. The molecule has 2 N–H and O–H groups in total. The lowest BCUT2D eigenvalue weighted by Gasteiger charge is -2.08. The van der Waals surface area contributed by atoms with E-state index in [4.69, 9.17) is 16.3 Å². The number of halogens is 1. The summed E-state index contributed by atoms with van der Waals surface area (Å²) in [6, 6.07) is 12.8. The van der Waals surface area contributed by atoms with Crippen LogP contribution in [0.5, 0.6) is 5.75 Å². The summed E-state index contributed by atoms with van der Waals surface area (Å²) < 4.78 is 30.5. The number of hydrogen-bond donors (Lipinski definition) is 2. The van der Waals surface area contributed by atoms with E-state index in [0.29, 0.717) is 11.4 Å². The number of anilines is 1. The fraction of sp³-hybridized carbons (Fsp3) is 0.105. The van der Waals surface area contributed by atoms with Gasteiger partial charge in [0.15, 0.2) is 10.1 Å². The van der Waals surface area contributed by atoms with Crippen molar-refractivity contribution in [2.75, 3.05) is 18.2 Å². The number of hydrogen-bond acceptors (Lipinski definition) is 7. The molecule has 0 saturated heterocycles. The summed E-state index contributed by atoms with van der Waals surface area (Å²) in [5, 5.41) is 2.92. The average molecular weight is 466 g/mol. The van der Waals surface area contributed by atoms with Gasteiger partial charge >= 0.3 is 0 Å². The maximum Gasteiger partial charge on any atom is 0.270 e. The molecule has 0 atom stereocenters. The van der Waals surface area contributed by atoms with Crippen molar-refractivity contribution in [1.82, 2.24) is 9.97 Å². The number of rotatable bonds is 7. The van der Waals surface area contributed by atoms with Gasteiger partial charge in [0, 0.05) is 5.69 Å². The van der Waals surface area contributed by atoms with Crippen LogP contribution in [-0.2, 0) is 14.6 Å². The van der Waals surface area contributed by atoms with Crippen LogP contribution in [0.4, 0.5) is 5.69 Å². The van der Waals surface area contributed by atoms with E-state index >= 15 is 0 Å². The topological polar surface area (TPSA) is 118 Å². The molecule has 0 aliphatic heterocycles. The van der Waals surface area contributed by atoms with E-state index in [1.807, 2.05) is 6.07 Å². The zero-order valence-electron chi connectivity index (χ0n) is 15.6. The Labute approximate surface area is 181 Å². The minimum atomic E-state index is -4.14. The fourth-order valence-electron chi connectivity index (χ4n) is 2.43. The molecule has 11 heteroatoms. The van der Waals surface area contributed by atoms with E-state index < -0.39 is 20.3 Å². The zero-order valence-corrected chi connectivity index (χ0v) is 18.0. The lowest BCUT2D eigenvalue weighted by atomic mass is 10.3. The third-order valence-electron chi connectivity index (χ3n) is 3.86. The van der Waals surface area contributed by atoms with Crippen molar-refractivity contribution < 1.29 is 17.9 Å². The standard InChI is InChI=1S/C19H16ClN3O5S2/c1-28-15-8-7-13(9-14(15)20)30(26,27)16-10-21-19(23-18(16)25)29-11-17(24)22-12-5-3-2-4-6-12/h2-10H,11H2,1H3,(H,22,24)(H,21,23,25). The second kappa shape index (κ2) is 9.33. The number of para-hydroxylation sites is 1. The molecule has 30 heavy (non-hydrogen) atoms. The second-order valence-corrected chi connectivity index (χ2v) is 9.17. The molecule has 0 radical (unpaired) electrons. The maximum absolute atomic E-state index is 12.8. The Morgan fingerprint density at radius 3 is 2.60 bits per heavy atom. The first-order valence-corrected chi connectivity index (χ1v) is 11.3. The SMILES string of the molecule is COc1ccc(S(=O)(=O)c2cnc(SCC(=O)Nc3ccccc3)[nH]c2=O)cc1Cl. The van der Waals surface area contributed by atoms with Crippen LogP contribution >= 0.6 is 23.4 Å². The predicted octanol–water partition coefficient (Wildman–Crippen LogP) is 3.00. The van der Waals surface area contributed by atoms with E-state index in [1.54, 1.807) is 24.3 Å². The first-order valence-electron chi connectivity index (χ1n) is 8.47. The van der Waals surface area contributed by atoms with Gasteiger partial charge in [-0.15, -0.1) is 0 Å². The van der Waals surface area contributed by atoms with Crippen molar-refractivity contribution in [2.24, 2.45) is 0 Å². The number of nitrogens with zero attached hydrogens (tertiary/aromatic N) is 1. The average Bonchev–Trinajstić information content (AvgIpc) is 2.72. The Bertz CT molecular complexity index is 1230. The molecule has 3 aromatic rings. The fourth-order valence-corrected chi connectivity index (χ4v) is 4.64. The van der Waals surface area contributed by atoms with E-state index in [-0.39, 0.29) is 26.7 Å². The predicted molar refractivity (Wildman–Crippen MR) is 114 cm³/mol. The van der Waals surface area contributed by atoms with E-state index in [2.05, 4.69) is 15.3 Å². The number of carbonyl (C=O) groups excluding carboxylic acids is 1. The number of benzene rings is 2. The molecular weight excluding hydrogens is 450 g/mol. The lowest BCUT2D eigenvalue weighted by molar-refractivity contribution is -0.113. The van der Waals surface area contributed by atoms with Crippen molar-refractivity contribution in [2.45, 2.75) is 14.9 Å². The van der Waals surface area contributed by atoms with Crippen LogP contribution < -0.4 is 15.6 Å². The van der Waals surface area contributed by atoms with Crippen molar-refractivity contribution >= 4 is 44.8 Å². The van der Waals surface area contributed by atoms with Crippen LogP contribution in [0, 0.1) is 0 Å². The van der Waals surface area contributed by atoms with Crippen molar-refractivity contribution in [3.63, 3.8) is 0 Å². The summed E-state index contributed by atoms with van der Waals surface area (Å²) in [7, 11) is -2.74. The zero-order chi connectivity index (χ0) is 21.7. The minimum absolute atomic E-state index is 0.0159. The Morgan fingerprint density at radius 1 is 1.23 bits per heavy atom. The number of carbonyl (C=O) groups is 1. The molecule has 0 bridgehead atoms. The molecule has 1 aromatic heterocycles. The number of aromatic nitrogens is 2. The highest BCUT2D eigenvalue weighted by atomic mass is 35.5. The van der Waals surface area contributed by atoms with Gasteiger partial charge in [-0.25, -0.2) is 13.4 Å². The van der Waals surface area contributed by atoms with Gasteiger partial charge in [-0.2, -0.15) is 0 Å². The number of ether oxygens (including phenoxy) is 1. The molecular formula is C19H16ClN3O5S2. The Morgan fingerprint density at radius 2 is 1.97 bits per heavy atom. The van der Waals surface area contributed by atoms with E-state index in [9.17, 15) is 18.0 Å². The van der Waals surface area contributed by atoms with Gasteiger partial charge in [-0.1, -0.05) is 41.6 Å². The summed E-state index contributed by atoms with van der Waals surface area (Å²) in [5.74, 6) is -0.000484. The van der Waals surface area contributed by atoms with Crippen LogP contribution in [0.25, 0.3) is 0 Å². The molecule has 1 heterocycles. The third-order valence-corrected chi connectivity index (χ3v) is 6.79. The molecule has 0 unspecified atom stereocenters. The van der Waals surface area contributed by atoms with Gasteiger partial charge in [-0.3, -0.25) is 9.59 Å². The largest absolute Gasteiger partial charge is 0.495 e. The number of amides is 1. The van der Waals surface area contributed by atoms with E-state index in [0.717, 1.165) is 18.0 Å². The van der Waals surface area contributed by atoms with Crippen LogP contribution in [0.1, 0.15) is 0 Å².